The number of amides is 1. The number of hydrogen-bond acceptors (Lipinski definition) is 6. The zero-order chi connectivity index (χ0) is 23.5. The molecule has 1 aromatic heterocycles. The number of likely N-dealkylation sites (tertiary alicyclic amines) is 2. The van der Waals surface area contributed by atoms with E-state index in [4.69, 9.17) is 9.15 Å². The number of piperidine rings is 1. The van der Waals surface area contributed by atoms with Gasteiger partial charge in [-0.1, -0.05) is 19.9 Å². The standard InChI is InChI=1S/C25H35N3O5/c1-4-12-32-24(30)20-6-5-9-28(20)19-7-10-27(11-8-19)23(29)17(3)14-18-13-16(2)22-21(15-18)33-25(31)26-22/h13,15,17,19-20H,4-12,14H2,1-3H3,(H,26,31)/t17-,20+/m1/s1. The molecule has 2 atom stereocenters. The molecule has 0 radical (unpaired) electrons. The Morgan fingerprint density at radius 2 is 1.97 bits per heavy atom. The van der Waals surface area contributed by atoms with Crippen molar-refractivity contribution in [2.75, 3.05) is 26.2 Å². The minimum Gasteiger partial charge on any atom is -0.465 e. The Hall–Kier alpha value is -2.61. The number of oxazole rings is 1. The highest BCUT2D eigenvalue weighted by Crippen LogP contribution is 2.28. The highest BCUT2D eigenvalue weighted by atomic mass is 16.5. The van der Waals surface area contributed by atoms with Gasteiger partial charge in [0.05, 0.1) is 12.1 Å². The molecule has 2 fully saturated rings. The number of nitrogens with one attached hydrogen (secondary N) is 1. The molecule has 0 bridgehead atoms. The molecule has 8 heteroatoms. The number of aromatic nitrogens is 1. The predicted octanol–water partition coefficient (Wildman–Crippen LogP) is 3.02. The van der Waals surface area contributed by atoms with E-state index in [-0.39, 0.29) is 23.8 Å². The molecule has 4 rings (SSSR count). The Balaban J connectivity index is 1.32. The Labute approximate surface area is 194 Å². The van der Waals surface area contributed by atoms with Crippen LogP contribution in [0.1, 0.15) is 57.1 Å². The lowest BCUT2D eigenvalue weighted by Gasteiger charge is -2.39. The summed E-state index contributed by atoms with van der Waals surface area (Å²) in [5, 5.41) is 0. The van der Waals surface area contributed by atoms with Crippen molar-refractivity contribution in [1.82, 2.24) is 14.8 Å². The number of fused-ring (bicyclic) bond motifs is 1. The van der Waals surface area contributed by atoms with E-state index in [1.807, 2.05) is 37.8 Å². The van der Waals surface area contributed by atoms with E-state index < -0.39 is 5.76 Å². The van der Waals surface area contributed by atoms with Gasteiger partial charge in [-0.2, -0.15) is 0 Å². The molecule has 0 spiro atoms. The average molecular weight is 458 g/mol. The van der Waals surface area contributed by atoms with Gasteiger partial charge in [0.2, 0.25) is 5.91 Å². The second kappa shape index (κ2) is 10.1. The van der Waals surface area contributed by atoms with Crippen LogP contribution in [0.3, 0.4) is 0 Å². The SMILES string of the molecule is CCCOC(=O)[C@@H]1CCCN1C1CCN(C(=O)[C@H](C)Cc2cc(C)c3[nH]c(=O)oc3c2)CC1. The molecular formula is C25H35N3O5. The Morgan fingerprint density at radius 1 is 1.21 bits per heavy atom. The molecule has 8 nitrogen and oxygen atoms in total. The summed E-state index contributed by atoms with van der Waals surface area (Å²) in [6, 6.07) is 4.05. The summed E-state index contributed by atoms with van der Waals surface area (Å²) in [5.41, 5.74) is 3.17. The number of aryl methyl sites for hydroxylation is 1. The topological polar surface area (TPSA) is 95.9 Å². The van der Waals surface area contributed by atoms with Crippen LogP contribution < -0.4 is 5.76 Å². The Kier molecular flexibility index (Phi) is 7.22. The van der Waals surface area contributed by atoms with Crippen LogP contribution in [0, 0.1) is 12.8 Å². The number of carbonyl (C=O) groups excluding carboxylic acids is 2. The maximum atomic E-state index is 13.1. The van der Waals surface area contributed by atoms with Crippen LogP contribution in [0.15, 0.2) is 21.3 Å². The van der Waals surface area contributed by atoms with Gasteiger partial charge in [-0.15, -0.1) is 0 Å². The van der Waals surface area contributed by atoms with Crippen molar-refractivity contribution in [1.29, 1.82) is 0 Å². The van der Waals surface area contributed by atoms with Crippen molar-refractivity contribution < 1.29 is 18.7 Å². The highest BCUT2D eigenvalue weighted by Gasteiger charge is 2.38. The zero-order valence-electron chi connectivity index (χ0n) is 19.9. The van der Waals surface area contributed by atoms with Gasteiger partial charge in [0.1, 0.15) is 6.04 Å². The molecule has 0 aliphatic carbocycles. The molecule has 2 aromatic rings. The first-order chi connectivity index (χ1) is 15.9. The van der Waals surface area contributed by atoms with Crippen LogP contribution in [-0.2, 0) is 20.7 Å². The predicted molar refractivity (Wildman–Crippen MR) is 125 cm³/mol. The van der Waals surface area contributed by atoms with Gasteiger partial charge < -0.3 is 14.1 Å². The largest absolute Gasteiger partial charge is 0.465 e. The highest BCUT2D eigenvalue weighted by molar-refractivity contribution is 5.80. The number of H-pyrrole nitrogens is 1. The Bertz CT molecular complexity index is 1050. The molecule has 0 saturated carbocycles. The summed E-state index contributed by atoms with van der Waals surface area (Å²) in [6.45, 7) is 8.73. The van der Waals surface area contributed by atoms with Crippen LogP contribution in [0.25, 0.3) is 11.1 Å². The number of aromatic amines is 1. The van der Waals surface area contributed by atoms with Gasteiger partial charge in [0.25, 0.3) is 0 Å². The van der Waals surface area contributed by atoms with Crippen LogP contribution >= 0.6 is 0 Å². The minimum atomic E-state index is -0.462. The van der Waals surface area contributed by atoms with Crippen LogP contribution in [0.5, 0.6) is 0 Å². The number of hydrogen-bond donors (Lipinski definition) is 1. The molecule has 3 heterocycles. The fraction of sp³-hybridized carbons (Fsp3) is 0.640. The number of benzene rings is 1. The summed E-state index contributed by atoms with van der Waals surface area (Å²) >= 11 is 0. The van der Waals surface area contributed by atoms with Crippen molar-refractivity contribution in [2.24, 2.45) is 5.92 Å². The Morgan fingerprint density at radius 3 is 2.70 bits per heavy atom. The molecule has 2 aliphatic rings. The number of rotatable bonds is 7. The molecule has 2 aliphatic heterocycles. The van der Waals surface area contributed by atoms with Crippen LogP contribution in [-0.4, -0.2) is 65.0 Å². The first-order valence-electron chi connectivity index (χ1n) is 12.2. The van der Waals surface area contributed by atoms with Gasteiger partial charge in [-0.25, -0.2) is 4.79 Å². The quantitative estimate of drug-likeness (QED) is 0.642. The van der Waals surface area contributed by atoms with E-state index in [1.165, 1.54) is 0 Å². The van der Waals surface area contributed by atoms with Crippen molar-refractivity contribution in [3.05, 3.63) is 33.8 Å². The first kappa shape index (κ1) is 23.5. The summed E-state index contributed by atoms with van der Waals surface area (Å²) in [5.74, 6) is -0.558. The average Bonchev–Trinajstić information content (AvgIpc) is 3.43. The number of ether oxygens (including phenoxy) is 1. The molecule has 1 aromatic carbocycles. The lowest BCUT2D eigenvalue weighted by Crippen LogP contribution is -2.51. The van der Waals surface area contributed by atoms with E-state index in [0.29, 0.717) is 43.3 Å². The third-order valence-corrected chi connectivity index (χ3v) is 7.01. The number of nitrogens with zero attached hydrogens (tertiary/aromatic N) is 2. The maximum absolute atomic E-state index is 13.1. The summed E-state index contributed by atoms with van der Waals surface area (Å²) in [4.78, 5) is 44.1. The lowest BCUT2D eigenvalue weighted by molar-refractivity contribution is -0.150. The normalized spacial score (nSPS) is 20.9. The molecule has 2 saturated heterocycles. The lowest BCUT2D eigenvalue weighted by atomic mass is 9.96. The number of esters is 1. The fourth-order valence-corrected chi connectivity index (χ4v) is 5.36. The van der Waals surface area contributed by atoms with Gasteiger partial charge >= 0.3 is 11.7 Å². The van der Waals surface area contributed by atoms with E-state index in [1.54, 1.807) is 0 Å². The van der Waals surface area contributed by atoms with E-state index in [0.717, 1.165) is 49.8 Å². The van der Waals surface area contributed by atoms with Crippen molar-refractivity contribution >= 4 is 23.0 Å². The van der Waals surface area contributed by atoms with Gasteiger partial charge in [-0.3, -0.25) is 19.5 Å². The summed E-state index contributed by atoms with van der Waals surface area (Å²) in [7, 11) is 0. The van der Waals surface area contributed by atoms with Gasteiger partial charge in [-0.05, 0) is 69.2 Å². The third kappa shape index (κ3) is 5.16. The van der Waals surface area contributed by atoms with Gasteiger partial charge in [0.15, 0.2) is 5.58 Å². The summed E-state index contributed by atoms with van der Waals surface area (Å²) in [6.07, 6.45) is 5.09. The molecule has 33 heavy (non-hydrogen) atoms. The first-order valence-corrected chi connectivity index (χ1v) is 12.2. The van der Waals surface area contributed by atoms with E-state index >= 15 is 0 Å². The second-order valence-corrected chi connectivity index (χ2v) is 9.53. The minimum absolute atomic E-state index is 0.0907. The van der Waals surface area contributed by atoms with E-state index in [9.17, 15) is 14.4 Å². The monoisotopic (exact) mass is 457 g/mol. The van der Waals surface area contributed by atoms with Crippen molar-refractivity contribution in [3.8, 4) is 0 Å². The van der Waals surface area contributed by atoms with Crippen LogP contribution in [0.4, 0.5) is 0 Å². The van der Waals surface area contributed by atoms with Gasteiger partial charge in [0, 0.05) is 25.0 Å². The fourth-order valence-electron chi connectivity index (χ4n) is 5.36. The molecule has 1 N–H and O–H groups in total. The molecule has 0 unspecified atom stereocenters. The zero-order valence-corrected chi connectivity index (χ0v) is 19.9. The van der Waals surface area contributed by atoms with E-state index in [2.05, 4.69) is 9.88 Å². The molecular weight excluding hydrogens is 422 g/mol. The molecule has 1 amide bonds. The smallest absolute Gasteiger partial charge is 0.417 e. The van der Waals surface area contributed by atoms with Crippen LogP contribution in [0.2, 0.25) is 0 Å². The van der Waals surface area contributed by atoms with Crippen molar-refractivity contribution in [3.63, 3.8) is 0 Å². The second-order valence-electron chi connectivity index (χ2n) is 9.53. The maximum Gasteiger partial charge on any atom is 0.417 e. The van der Waals surface area contributed by atoms with Crippen molar-refractivity contribution in [2.45, 2.75) is 71.4 Å². The summed E-state index contributed by atoms with van der Waals surface area (Å²) < 4.78 is 10.6. The number of carbonyl (C=O) groups is 2. The third-order valence-electron chi connectivity index (χ3n) is 7.01. The molecule has 180 valence electrons.